The standard InChI is InChI=1S/C22H18ClNO3S2/c1-15-6-4-10-18(12-15)27-22-20(23)13-21(28-22)29(25,26)24-14-17-9-5-8-16-7-2-3-11-19(16)17/h2-13,24H,14H2,1H3. The van der Waals surface area contributed by atoms with Crippen LogP contribution in [-0.4, -0.2) is 8.42 Å². The van der Waals surface area contributed by atoms with E-state index < -0.39 is 10.0 Å². The summed E-state index contributed by atoms with van der Waals surface area (Å²) >= 11 is 7.23. The molecule has 0 radical (unpaired) electrons. The Hall–Kier alpha value is -2.38. The molecule has 0 unspecified atom stereocenters. The first-order chi connectivity index (χ1) is 13.9. The Morgan fingerprint density at radius 3 is 2.59 bits per heavy atom. The maximum atomic E-state index is 12.8. The number of benzene rings is 3. The predicted octanol–water partition coefficient (Wildman–Crippen LogP) is 6.13. The lowest BCUT2D eigenvalue weighted by molar-refractivity contribution is 0.496. The molecule has 7 heteroatoms. The number of rotatable bonds is 6. The Labute approximate surface area is 178 Å². The van der Waals surface area contributed by atoms with Crippen LogP contribution in [0.25, 0.3) is 10.8 Å². The molecule has 0 saturated carbocycles. The van der Waals surface area contributed by atoms with Crippen molar-refractivity contribution >= 4 is 43.7 Å². The van der Waals surface area contributed by atoms with Gasteiger partial charge < -0.3 is 4.74 Å². The van der Waals surface area contributed by atoms with E-state index in [1.54, 1.807) is 6.07 Å². The molecule has 0 spiro atoms. The number of halogens is 1. The average molecular weight is 444 g/mol. The summed E-state index contributed by atoms with van der Waals surface area (Å²) in [5, 5.41) is 2.70. The topological polar surface area (TPSA) is 55.4 Å². The van der Waals surface area contributed by atoms with Gasteiger partial charge in [-0.15, -0.1) is 0 Å². The minimum Gasteiger partial charge on any atom is -0.445 e. The number of sulfonamides is 1. The number of aryl methyl sites for hydroxylation is 1. The minimum absolute atomic E-state index is 0.116. The van der Waals surface area contributed by atoms with Gasteiger partial charge in [0.15, 0.2) is 0 Å². The van der Waals surface area contributed by atoms with Gasteiger partial charge in [0.1, 0.15) is 9.96 Å². The van der Waals surface area contributed by atoms with Gasteiger partial charge in [-0.2, -0.15) is 0 Å². The molecule has 0 aliphatic heterocycles. The fourth-order valence-electron chi connectivity index (χ4n) is 3.01. The van der Waals surface area contributed by atoms with E-state index in [-0.39, 0.29) is 15.8 Å². The van der Waals surface area contributed by atoms with Crippen molar-refractivity contribution in [2.45, 2.75) is 17.7 Å². The second kappa shape index (κ2) is 8.16. The van der Waals surface area contributed by atoms with Crippen LogP contribution >= 0.6 is 22.9 Å². The van der Waals surface area contributed by atoms with Gasteiger partial charge in [0.2, 0.25) is 5.06 Å². The third-order valence-electron chi connectivity index (χ3n) is 4.43. The van der Waals surface area contributed by atoms with Gasteiger partial charge in [0.25, 0.3) is 10.0 Å². The lowest BCUT2D eigenvalue weighted by Gasteiger charge is -2.08. The van der Waals surface area contributed by atoms with Gasteiger partial charge in [-0.25, -0.2) is 13.1 Å². The first kappa shape index (κ1) is 19.9. The zero-order valence-electron chi connectivity index (χ0n) is 15.6. The van der Waals surface area contributed by atoms with E-state index in [4.69, 9.17) is 16.3 Å². The molecule has 0 aliphatic carbocycles. The highest BCUT2D eigenvalue weighted by Crippen LogP contribution is 2.40. The Morgan fingerprint density at radius 2 is 1.76 bits per heavy atom. The number of ether oxygens (including phenoxy) is 1. The van der Waals surface area contributed by atoms with Crippen LogP contribution in [0.1, 0.15) is 11.1 Å². The first-order valence-electron chi connectivity index (χ1n) is 8.92. The largest absolute Gasteiger partial charge is 0.445 e. The summed E-state index contributed by atoms with van der Waals surface area (Å²) in [5.41, 5.74) is 1.95. The Kier molecular flexibility index (Phi) is 5.61. The van der Waals surface area contributed by atoms with Crippen LogP contribution < -0.4 is 9.46 Å². The summed E-state index contributed by atoms with van der Waals surface area (Å²) in [4.78, 5) is 0. The summed E-state index contributed by atoms with van der Waals surface area (Å²) in [6.07, 6.45) is 0. The first-order valence-corrected chi connectivity index (χ1v) is 11.6. The second-order valence-electron chi connectivity index (χ2n) is 6.58. The molecule has 4 nitrogen and oxygen atoms in total. The highest BCUT2D eigenvalue weighted by atomic mass is 35.5. The van der Waals surface area contributed by atoms with E-state index in [2.05, 4.69) is 4.72 Å². The smallest absolute Gasteiger partial charge is 0.250 e. The summed E-state index contributed by atoms with van der Waals surface area (Å²) < 4.78 is 34.2. The molecule has 1 aromatic heterocycles. The van der Waals surface area contributed by atoms with Crippen molar-refractivity contribution in [1.82, 2.24) is 4.72 Å². The van der Waals surface area contributed by atoms with Crippen molar-refractivity contribution < 1.29 is 13.2 Å². The molecule has 0 fully saturated rings. The van der Waals surface area contributed by atoms with Crippen molar-refractivity contribution in [1.29, 1.82) is 0 Å². The molecule has 0 saturated heterocycles. The molecule has 0 amide bonds. The van der Waals surface area contributed by atoms with Crippen molar-refractivity contribution in [3.05, 3.63) is 88.9 Å². The summed E-state index contributed by atoms with van der Waals surface area (Å²) in [6, 6.07) is 22.6. The average Bonchev–Trinajstić information content (AvgIpc) is 3.08. The monoisotopic (exact) mass is 443 g/mol. The molecule has 4 rings (SSSR count). The Morgan fingerprint density at radius 1 is 1.00 bits per heavy atom. The zero-order valence-corrected chi connectivity index (χ0v) is 17.9. The van der Waals surface area contributed by atoms with Crippen LogP contribution in [0.2, 0.25) is 5.02 Å². The predicted molar refractivity (Wildman–Crippen MR) is 119 cm³/mol. The second-order valence-corrected chi connectivity index (χ2v) is 10.00. The Bertz CT molecular complexity index is 1280. The van der Waals surface area contributed by atoms with Crippen molar-refractivity contribution in [2.75, 3.05) is 0 Å². The molecular weight excluding hydrogens is 426 g/mol. The van der Waals surface area contributed by atoms with E-state index >= 15 is 0 Å². The van der Waals surface area contributed by atoms with E-state index in [0.29, 0.717) is 10.8 Å². The summed E-state index contributed by atoms with van der Waals surface area (Å²) in [6.45, 7) is 2.14. The third-order valence-corrected chi connectivity index (χ3v) is 7.71. The van der Waals surface area contributed by atoms with Crippen LogP contribution in [0.5, 0.6) is 10.8 Å². The van der Waals surface area contributed by atoms with E-state index in [9.17, 15) is 8.42 Å². The minimum atomic E-state index is -3.73. The van der Waals surface area contributed by atoms with Gasteiger partial charge in [0.05, 0.1) is 5.02 Å². The van der Waals surface area contributed by atoms with Gasteiger partial charge >= 0.3 is 0 Å². The van der Waals surface area contributed by atoms with E-state index in [1.807, 2.05) is 67.6 Å². The van der Waals surface area contributed by atoms with Gasteiger partial charge in [-0.3, -0.25) is 0 Å². The van der Waals surface area contributed by atoms with Crippen LogP contribution in [0.15, 0.2) is 77.0 Å². The Balaban J connectivity index is 1.54. The van der Waals surface area contributed by atoms with Crippen molar-refractivity contribution in [2.24, 2.45) is 0 Å². The fourth-order valence-corrected chi connectivity index (χ4v) is 5.66. The summed E-state index contributed by atoms with van der Waals surface area (Å²) in [5.74, 6) is 0.612. The molecule has 3 aromatic carbocycles. The molecular formula is C22H18ClNO3S2. The molecule has 1 heterocycles. The van der Waals surface area contributed by atoms with Crippen molar-refractivity contribution in [3.8, 4) is 10.8 Å². The normalized spacial score (nSPS) is 11.7. The van der Waals surface area contributed by atoms with Crippen molar-refractivity contribution in [3.63, 3.8) is 0 Å². The molecule has 0 aliphatic rings. The number of fused-ring (bicyclic) bond motifs is 1. The lowest BCUT2D eigenvalue weighted by Crippen LogP contribution is -2.22. The van der Waals surface area contributed by atoms with Crippen LogP contribution in [-0.2, 0) is 16.6 Å². The van der Waals surface area contributed by atoms with E-state index in [0.717, 1.165) is 33.2 Å². The molecule has 4 aromatic rings. The maximum absolute atomic E-state index is 12.8. The number of hydrogen-bond donors (Lipinski definition) is 1. The summed E-state index contributed by atoms with van der Waals surface area (Å²) in [7, 11) is -3.73. The molecule has 0 atom stereocenters. The lowest BCUT2D eigenvalue weighted by atomic mass is 10.1. The van der Waals surface area contributed by atoms with Gasteiger partial charge in [-0.1, -0.05) is 77.5 Å². The number of hydrogen-bond acceptors (Lipinski definition) is 4. The van der Waals surface area contributed by atoms with E-state index in [1.165, 1.54) is 6.07 Å². The highest BCUT2D eigenvalue weighted by Gasteiger charge is 2.21. The van der Waals surface area contributed by atoms with Crippen LogP contribution in [0.3, 0.4) is 0 Å². The zero-order chi connectivity index (χ0) is 20.4. The highest BCUT2D eigenvalue weighted by molar-refractivity contribution is 7.91. The SMILES string of the molecule is Cc1cccc(Oc2sc(S(=O)(=O)NCc3cccc4ccccc34)cc2Cl)c1. The molecule has 0 bridgehead atoms. The van der Waals surface area contributed by atoms with Crippen LogP contribution in [0.4, 0.5) is 0 Å². The number of nitrogens with one attached hydrogen (secondary N) is 1. The fraction of sp³-hybridized carbons (Fsp3) is 0.0909. The molecule has 1 N–H and O–H groups in total. The van der Waals surface area contributed by atoms with Gasteiger partial charge in [-0.05, 0) is 47.0 Å². The third kappa shape index (κ3) is 4.46. The number of thiophene rings is 1. The van der Waals surface area contributed by atoms with Crippen LogP contribution in [0, 0.1) is 6.92 Å². The maximum Gasteiger partial charge on any atom is 0.250 e. The molecule has 29 heavy (non-hydrogen) atoms. The quantitative estimate of drug-likeness (QED) is 0.389. The van der Waals surface area contributed by atoms with Gasteiger partial charge in [0, 0.05) is 6.54 Å². The molecule has 148 valence electrons.